The highest BCUT2D eigenvalue weighted by Gasteiger charge is 2.26. The van der Waals surface area contributed by atoms with E-state index in [4.69, 9.17) is 4.74 Å². The van der Waals surface area contributed by atoms with E-state index < -0.39 is 11.9 Å². The van der Waals surface area contributed by atoms with E-state index in [2.05, 4.69) is 11.9 Å². The van der Waals surface area contributed by atoms with Crippen LogP contribution in [0.1, 0.15) is 13.3 Å². The molecule has 1 aliphatic rings. The first-order chi connectivity index (χ1) is 7.06. The highest BCUT2D eigenvalue weighted by atomic mass is 16.5. The molecular weight excluding hydrogens is 198 g/mol. The van der Waals surface area contributed by atoms with Gasteiger partial charge in [0.1, 0.15) is 0 Å². The van der Waals surface area contributed by atoms with Crippen LogP contribution in [0.4, 0.5) is 0 Å². The molecule has 80 valence electrons. The fourth-order valence-electron chi connectivity index (χ4n) is 1.19. The molecule has 0 aromatic carbocycles. The van der Waals surface area contributed by atoms with Crippen LogP contribution in [0.3, 0.4) is 0 Å². The van der Waals surface area contributed by atoms with Crippen LogP contribution >= 0.6 is 0 Å². The molecule has 0 atom stereocenters. The summed E-state index contributed by atoms with van der Waals surface area (Å²) in [5, 5.41) is 2.16. The zero-order valence-electron chi connectivity index (χ0n) is 8.33. The number of ether oxygens (including phenoxy) is 1. The Morgan fingerprint density at radius 1 is 1.47 bits per heavy atom. The lowest BCUT2D eigenvalue weighted by molar-refractivity contribution is -0.138. The monoisotopic (exact) mass is 209 g/mol. The van der Waals surface area contributed by atoms with Gasteiger partial charge in [0.15, 0.2) is 0 Å². The van der Waals surface area contributed by atoms with Crippen molar-refractivity contribution in [3.8, 4) is 0 Å². The Morgan fingerprint density at radius 3 is 2.60 bits per heavy atom. The second-order valence-electron chi connectivity index (χ2n) is 3.01. The molecule has 0 aliphatic carbocycles. The van der Waals surface area contributed by atoms with E-state index in [0.29, 0.717) is 11.1 Å². The van der Waals surface area contributed by atoms with Crippen LogP contribution in [0.2, 0.25) is 0 Å². The summed E-state index contributed by atoms with van der Waals surface area (Å²) in [6, 6.07) is 0. The summed E-state index contributed by atoms with van der Waals surface area (Å²) in [6.07, 6.45) is 1.28. The predicted octanol–water partition coefficient (Wildman–Crippen LogP) is 0.0786. The van der Waals surface area contributed by atoms with Gasteiger partial charge in [-0.3, -0.25) is 14.9 Å². The van der Waals surface area contributed by atoms with E-state index in [1.54, 1.807) is 6.92 Å². The van der Waals surface area contributed by atoms with Crippen LogP contribution in [0.15, 0.2) is 23.8 Å². The van der Waals surface area contributed by atoms with Crippen LogP contribution in [-0.2, 0) is 19.1 Å². The van der Waals surface area contributed by atoms with Gasteiger partial charge in [-0.1, -0.05) is 6.58 Å². The lowest BCUT2D eigenvalue weighted by atomic mass is 10.1. The van der Waals surface area contributed by atoms with Gasteiger partial charge in [-0.15, -0.1) is 0 Å². The lowest BCUT2D eigenvalue weighted by Gasteiger charge is -2.01. The van der Waals surface area contributed by atoms with Gasteiger partial charge >= 0.3 is 5.97 Å². The average molecular weight is 209 g/mol. The maximum absolute atomic E-state index is 11.2. The summed E-state index contributed by atoms with van der Waals surface area (Å²) in [7, 11) is 0. The first-order valence-electron chi connectivity index (χ1n) is 4.41. The third-order valence-electron chi connectivity index (χ3n) is 2.06. The Kier molecular flexibility index (Phi) is 3.38. The van der Waals surface area contributed by atoms with E-state index in [9.17, 15) is 14.4 Å². The number of nitrogens with one attached hydrogen (secondary N) is 1. The second-order valence-corrected chi connectivity index (χ2v) is 3.01. The van der Waals surface area contributed by atoms with Crippen molar-refractivity contribution < 1.29 is 19.1 Å². The topological polar surface area (TPSA) is 72.5 Å². The standard InChI is InChI=1S/C10H11NO4/c1-3-8(12)15-5-4-7-6(2)9(13)11-10(7)14/h3H,1,4-5H2,2H3,(H,11,13,14). The van der Waals surface area contributed by atoms with Gasteiger partial charge in [-0.05, 0) is 6.92 Å². The van der Waals surface area contributed by atoms with Gasteiger partial charge in [-0.25, -0.2) is 4.79 Å². The molecule has 2 amide bonds. The number of hydrogen-bond donors (Lipinski definition) is 1. The summed E-state index contributed by atoms with van der Waals surface area (Å²) in [6.45, 7) is 4.86. The molecule has 1 N–H and O–H groups in total. The van der Waals surface area contributed by atoms with Crippen LogP contribution in [0, 0.1) is 0 Å². The minimum Gasteiger partial charge on any atom is -0.462 e. The van der Waals surface area contributed by atoms with Crippen LogP contribution in [-0.4, -0.2) is 24.4 Å². The van der Waals surface area contributed by atoms with Crippen molar-refractivity contribution in [3.05, 3.63) is 23.8 Å². The molecule has 0 aromatic rings. The molecule has 0 fully saturated rings. The Hall–Kier alpha value is -1.91. The van der Waals surface area contributed by atoms with Gasteiger partial charge < -0.3 is 4.74 Å². The van der Waals surface area contributed by atoms with E-state index in [0.717, 1.165) is 6.08 Å². The Bertz CT molecular complexity index is 368. The molecule has 0 spiro atoms. The second kappa shape index (κ2) is 4.54. The summed E-state index contributed by atoms with van der Waals surface area (Å²) in [5.74, 6) is -1.34. The van der Waals surface area contributed by atoms with Crippen LogP contribution in [0.5, 0.6) is 0 Å². The summed E-state index contributed by atoms with van der Waals surface area (Å²) in [5.41, 5.74) is 0.756. The number of imide groups is 1. The minimum atomic E-state index is -0.544. The minimum absolute atomic E-state index is 0.0677. The molecule has 0 saturated heterocycles. The number of hydrogen-bond acceptors (Lipinski definition) is 4. The zero-order chi connectivity index (χ0) is 11.4. The van der Waals surface area contributed by atoms with Gasteiger partial charge in [0, 0.05) is 23.6 Å². The van der Waals surface area contributed by atoms with Crippen molar-refractivity contribution in [1.82, 2.24) is 5.32 Å². The molecule has 0 aromatic heterocycles. The Balaban J connectivity index is 2.52. The van der Waals surface area contributed by atoms with Crippen molar-refractivity contribution in [2.75, 3.05) is 6.61 Å². The van der Waals surface area contributed by atoms with Crippen molar-refractivity contribution in [2.24, 2.45) is 0 Å². The maximum atomic E-state index is 11.2. The molecule has 1 rings (SSSR count). The Morgan fingerprint density at radius 2 is 2.13 bits per heavy atom. The summed E-state index contributed by atoms with van der Waals surface area (Å²) < 4.78 is 4.70. The first kappa shape index (κ1) is 11.2. The lowest BCUT2D eigenvalue weighted by Crippen LogP contribution is -2.23. The SMILES string of the molecule is C=CC(=O)OCCC1=C(C)C(=O)NC1=O. The van der Waals surface area contributed by atoms with Gasteiger partial charge in [-0.2, -0.15) is 0 Å². The maximum Gasteiger partial charge on any atom is 0.330 e. The molecule has 5 heteroatoms. The molecular formula is C10H11NO4. The fraction of sp³-hybridized carbons (Fsp3) is 0.300. The molecule has 0 saturated carbocycles. The number of carbonyl (C=O) groups is 3. The molecule has 0 unspecified atom stereocenters. The molecule has 5 nitrogen and oxygen atoms in total. The average Bonchev–Trinajstić information content (AvgIpc) is 2.44. The number of esters is 1. The van der Waals surface area contributed by atoms with Crippen LogP contribution < -0.4 is 5.32 Å². The highest BCUT2D eigenvalue weighted by Crippen LogP contribution is 2.15. The van der Waals surface area contributed by atoms with E-state index in [-0.39, 0.29) is 18.9 Å². The van der Waals surface area contributed by atoms with E-state index in [1.807, 2.05) is 0 Å². The van der Waals surface area contributed by atoms with Crippen molar-refractivity contribution in [1.29, 1.82) is 0 Å². The highest BCUT2D eigenvalue weighted by molar-refractivity contribution is 6.19. The third-order valence-corrected chi connectivity index (χ3v) is 2.06. The van der Waals surface area contributed by atoms with Gasteiger partial charge in [0.2, 0.25) is 0 Å². The number of rotatable bonds is 4. The summed E-state index contributed by atoms with van der Waals surface area (Å²) in [4.78, 5) is 32.9. The number of carbonyl (C=O) groups excluding carboxylic acids is 3. The summed E-state index contributed by atoms with van der Waals surface area (Å²) >= 11 is 0. The molecule has 15 heavy (non-hydrogen) atoms. The smallest absolute Gasteiger partial charge is 0.330 e. The zero-order valence-corrected chi connectivity index (χ0v) is 8.33. The van der Waals surface area contributed by atoms with E-state index >= 15 is 0 Å². The largest absolute Gasteiger partial charge is 0.462 e. The van der Waals surface area contributed by atoms with Crippen molar-refractivity contribution in [2.45, 2.75) is 13.3 Å². The molecule has 0 radical (unpaired) electrons. The normalized spacial score (nSPS) is 15.3. The molecule has 0 bridgehead atoms. The van der Waals surface area contributed by atoms with Crippen LogP contribution in [0.25, 0.3) is 0 Å². The van der Waals surface area contributed by atoms with Crippen molar-refractivity contribution >= 4 is 17.8 Å². The third kappa shape index (κ3) is 2.52. The molecule has 1 heterocycles. The molecule has 1 aliphatic heterocycles. The van der Waals surface area contributed by atoms with Crippen molar-refractivity contribution in [3.63, 3.8) is 0 Å². The fourth-order valence-corrected chi connectivity index (χ4v) is 1.19. The first-order valence-corrected chi connectivity index (χ1v) is 4.41. The van der Waals surface area contributed by atoms with E-state index in [1.165, 1.54) is 0 Å². The van der Waals surface area contributed by atoms with Gasteiger partial charge in [0.05, 0.1) is 6.61 Å². The Labute approximate surface area is 86.8 Å². The van der Waals surface area contributed by atoms with Gasteiger partial charge in [0.25, 0.3) is 11.8 Å². The number of amides is 2. The predicted molar refractivity (Wildman–Crippen MR) is 51.6 cm³/mol. The quantitative estimate of drug-likeness (QED) is 0.404.